The molecule has 0 aliphatic carbocycles. The Morgan fingerprint density at radius 3 is 2.74 bits per heavy atom. The van der Waals surface area contributed by atoms with E-state index in [-0.39, 0.29) is 12.2 Å². The molecule has 0 radical (unpaired) electrons. The Morgan fingerprint density at radius 1 is 1.15 bits per heavy atom. The standard InChI is InChI=1S/C23H27F3N8/c1-2-16-12-30-34-21(10-19(32-22(16)34)28-11-15-6-8-27-9-7-15)29-13-17-14-33-18(23(24,25)26)4-3-5-20(33)31-17/h3-5,10,12,14-15,27,29H,2,6-9,11,13H2,1H3,(H,28,32). The van der Waals surface area contributed by atoms with E-state index < -0.39 is 11.9 Å². The van der Waals surface area contributed by atoms with Gasteiger partial charge in [-0.2, -0.15) is 22.8 Å². The topological polar surface area (TPSA) is 83.6 Å². The number of aryl methyl sites for hydroxylation is 1. The van der Waals surface area contributed by atoms with Gasteiger partial charge in [0.2, 0.25) is 0 Å². The second-order valence-electron chi connectivity index (χ2n) is 8.58. The van der Waals surface area contributed by atoms with Crippen molar-refractivity contribution in [2.24, 2.45) is 5.92 Å². The van der Waals surface area contributed by atoms with Gasteiger partial charge in [0.05, 0.1) is 18.4 Å². The molecule has 1 aliphatic rings. The summed E-state index contributed by atoms with van der Waals surface area (Å²) in [6, 6.07) is 5.87. The summed E-state index contributed by atoms with van der Waals surface area (Å²) < 4.78 is 42.8. The number of aromatic nitrogens is 5. The smallest absolute Gasteiger partial charge is 0.370 e. The first-order chi connectivity index (χ1) is 16.4. The highest BCUT2D eigenvalue weighted by Gasteiger charge is 2.33. The third-order valence-electron chi connectivity index (χ3n) is 6.24. The second-order valence-corrected chi connectivity index (χ2v) is 8.58. The summed E-state index contributed by atoms with van der Waals surface area (Å²) in [5.74, 6) is 2.04. The zero-order valence-corrected chi connectivity index (χ0v) is 18.9. The minimum absolute atomic E-state index is 0.243. The average Bonchev–Trinajstić information content (AvgIpc) is 3.44. The highest BCUT2D eigenvalue weighted by Crippen LogP contribution is 2.30. The number of nitrogens with zero attached hydrogens (tertiary/aromatic N) is 5. The Labute approximate surface area is 194 Å². The van der Waals surface area contributed by atoms with Gasteiger partial charge >= 0.3 is 6.18 Å². The fourth-order valence-corrected chi connectivity index (χ4v) is 4.37. The number of alkyl halides is 3. The molecule has 1 saturated heterocycles. The van der Waals surface area contributed by atoms with Gasteiger partial charge in [0.25, 0.3) is 0 Å². The summed E-state index contributed by atoms with van der Waals surface area (Å²) in [6.07, 6.45) is 1.80. The van der Waals surface area contributed by atoms with Gasteiger partial charge in [-0.3, -0.25) is 4.40 Å². The maximum Gasteiger partial charge on any atom is 0.431 e. The van der Waals surface area contributed by atoms with E-state index in [1.807, 2.05) is 6.07 Å². The molecule has 1 fully saturated rings. The molecule has 180 valence electrons. The summed E-state index contributed by atoms with van der Waals surface area (Å²) >= 11 is 0. The summed E-state index contributed by atoms with van der Waals surface area (Å²) in [6.45, 7) is 5.20. The fourth-order valence-electron chi connectivity index (χ4n) is 4.37. The lowest BCUT2D eigenvalue weighted by Crippen LogP contribution is -2.31. The van der Waals surface area contributed by atoms with Crippen LogP contribution in [0.1, 0.15) is 36.7 Å². The van der Waals surface area contributed by atoms with Crippen molar-refractivity contribution in [2.45, 2.75) is 38.9 Å². The molecule has 3 N–H and O–H groups in total. The molecule has 0 aromatic carbocycles. The molecule has 11 heteroatoms. The van der Waals surface area contributed by atoms with Crippen molar-refractivity contribution in [1.82, 2.24) is 29.3 Å². The minimum atomic E-state index is -4.46. The highest BCUT2D eigenvalue weighted by molar-refractivity contribution is 5.60. The molecule has 4 aromatic rings. The number of piperidine rings is 1. The molecular formula is C23H27F3N8. The zero-order chi connectivity index (χ0) is 23.7. The summed E-state index contributed by atoms with van der Waals surface area (Å²) in [7, 11) is 0. The molecule has 4 aromatic heterocycles. The van der Waals surface area contributed by atoms with Gasteiger partial charge < -0.3 is 16.0 Å². The third kappa shape index (κ3) is 4.52. The minimum Gasteiger partial charge on any atom is -0.370 e. The van der Waals surface area contributed by atoms with E-state index in [1.54, 1.807) is 16.8 Å². The lowest BCUT2D eigenvalue weighted by Gasteiger charge is -2.23. The van der Waals surface area contributed by atoms with Gasteiger partial charge in [-0.1, -0.05) is 13.0 Å². The number of anilines is 2. The van der Waals surface area contributed by atoms with Crippen LogP contribution in [0.5, 0.6) is 0 Å². The fraction of sp³-hybridized carbons (Fsp3) is 0.435. The molecule has 34 heavy (non-hydrogen) atoms. The van der Waals surface area contributed by atoms with Gasteiger partial charge in [-0.15, -0.1) is 0 Å². The monoisotopic (exact) mass is 472 g/mol. The van der Waals surface area contributed by atoms with Crippen molar-refractivity contribution >= 4 is 22.9 Å². The van der Waals surface area contributed by atoms with Crippen molar-refractivity contribution in [3.05, 3.63) is 53.6 Å². The molecular weight excluding hydrogens is 445 g/mol. The molecule has 1 aliphatic heterocycles. The van der Waals surface area contributed by atoms with Crippen LogP contribution in [0.25, 0.3) is 11.3 Å². The van der Waals surface area contributed by atoms with Crippen molar-refractivity contribution < 1.29 is 13.2 Å². The highest BCUT2D eigenvalue weighted by atomic mass is 19.4. The van der Waals surface area contributed by atoms with E-state index in [0.29, 0.717) is 17.4 Å². The molecule has 0 spiro atoms. The normalized spacial score (nSPS) is 15.3. The van der Waals surface area contributed by atoms with Crippen LogP contribution < -0.4 is 16.0 Å². The molecule has 0 amide bonds. The molecule has 0 saturated carbocycles. The van der Waals surface area contributed by atoms with Crippen molar-refractivity contribution in [3.8, 4) is 0 Å². The van der Waals surface area contributed by atoms with Crippen molar-refractivity contribution in [1.29, 1.82) is 0 Å². The Morgan fingerprint density at radius 2 is 1.97 bits per heavy atom. The van der Waals surface area contributed by atoms with Crippen LogP contribution in [0.2, 0.25) is 0 Å². The van der Waals surface area contributed by atoms with Crippen LogP contribution in [0.3, 0.4) is 0 Å². The number of nitrogens with one attached hydrogen (secondary N) is 3. The SMILES string of the molecule is CCc1cnn2c(NCc3cn4c(C(F)(F)F)cccc4n3)cc(NCC3CCNCC3)nc12. The molecule has 8 nitrogen and oxygen atoms in total. The van der Waals surface area contributed by atoms with E-state index in [2.05, 4.69) is 33.0 Å². The Kier molecular flexibility index (Phi) is 6.03. The van der Waals surface area contributed by atoms with Gasteiger partial charge in [0.15, 0.2) is 5.65 Å². The summed E-state index contributed by atoms with van der Waals surface area (Å²) in [5.41, 5.74) is 1.78. The van der Waals surface area contributed by atoms with Gasteiger partial charge in [-0.25, -0.2) is 9.97 Å². The van der Waals surface area contributed by atoms with Crippen LogP contribution in [-0.2, 0) is 19.1 Å². The lowest BCUT2D eigenvalue weighted by atomic mass is 9.98. The number of pyridine rings is 1. The number of rotatable bonds is 7. The summed E-state index contributed by atoms with van der Waals surface area (Å²) in [4.78, 5) is 9.13. The predicted molar refractivity (Wildman–Crippen MR) is 124 cm³/mol. The van der Waals surface area contributed by atoms with E-state index in [9.17, 15) is 13.2 Å². The van der Waals surface area contributed by atoms with Gasteiger partial charge in [0.1, 0.15) is 23.0 Å². The molecule has 0 unspecified atom stereocenters. The number of hydrogen-bond acceptors (Lipinski definition) is 6. The number of hydrogen-bond donors (Lipinski definition) is 3. The first-order valence-corrected chi connectivity index (χ1v) is 11.5. The van der Waals surface area contributed by atoms with E-state index in [0.717, 1.165) is 66.4 Å². The third-order valence-corrected chi connectivity index (χ3v) is 6.24. The Bertz CT molecular complexity index is 1290. The number of imidazole rings is 1. The number of fused-ring (bicyclic) bond motifs is 2. The molecule has 5 heterocycles. The van der Waals surface area contributed by atoms with Gasteiger partial charge in [-0.05, 0) is 50.4 Å². The van der Waals surface area contributed by atoms with Crippen molar-refractivity contribution in [3.63, 3.8) is 0 Å². The van der Waals surface area contributed by atoms with Crippen LogP contribution in [0.4, 0.5) is 24.8 Å². The first-order valence-electron chi connectivity index (χ1n) is 11.5. The van der Waals surface area contributed by atoms with E-state index in [1.165, 1.54) is 12.3 Å². The quantitative estimate of drug-likeness (QED) is 0.377. The number of halogens is 3. The molecule has 5 rings (SSSR count). The van der Waals surface area contributed by atoms with Crippen LogP contribution in [0.15, 0.2) is 36.7 Å². The average molecular weight is 473 g/mol. The van der Waals surface area contributed by atoms with Crippen LogP contribution in [-0.4, -0.2) is 43.6 Å². The Hall–Kier alpha value is -3.34. The molecule has 0 bridgehead atoms. The van der Waals surface area contributed by atoms with Crippen LogP contribution in [0, 0.1) is 5.92 Å². The zero-order valence-electron chi connectivity index (χ0n) is 18.9. The second kappa shape index (κ2) is 9.13. The molecule has 0 atom stereocenters. The summed E-state index contributed by atoms with van der Waals surface area (Å²) in [5, 5.41) is 14.6. The van der Waals surface area contributed by atoms with E-state index >= 15 is 0 Å². The Balaban J connectivity index is 1.40. The van der Waals surface area contributed by atoms with Crippen molar-refractivity contribution in [2.75, 3.05) is 30.3 Å². The maximum atomic E-state index is 13.3. The van der Waals surface area contributed by atoms with Crippen LogP contribution >= 0.6 is 0 Å². The van der Waals surface area contributed by atoms with Gasteiger partial charge in [0, 0.05) is 24.4 Å². The van der Waals surface area contributed by atoms with E-state index in [4.69, 9.17) is 4.98 Å². The largest absolute Gasteiger partial charge is 0.431 e. The lowest BCUT2D eigenvalue weighted by molar-refractivity contribution is -0.142. The first kappa shape index (κ1) is 22.5. The predicted octanol–water partition coefficient (Wildman–Crippen LogP) is 3.98. The maximum absolute atomic E-state index is 13.3.